The second kappa shape index (κ2) is 5.51. The number of β-lactam (4-membered cyclic amide) rings is 1. The van der Waals surface area contributed by atoms with Gasteiger partial charge in [0.25, 0.3) is 0 Å². The van der Waals surface area contributed by atoms with Gasteiger partial charge in [-0.25, -0.2) is 9.69 Å². The summed E-state index contributed by atoms with van der Waals surface area (Å²) in [7, 11) is 0. The molecule has 21 heavy (non-hydrogen) atoms. The van der Waals surface area contributed by atoms with Gasteiger partial charge in [-0.15, -0.1) is 0 Å². The van der Waals surface area contributed by atoms with E-state index in [1.165, 1.54) is 4.90 Å². The standard InChI is InChI=1S/C17H23NO3/c1-11(2)13-14(12-9-7-6-8-10-12)18(15(13)19)16(20)21-17(3,4)5/h6-11,13-14H,1-5H3/t13-,14-/m0/s1. The van der Waals surface area contributed by atoms with Crippen LogP contribution in [0.15, 0.2) is 30.3 Å². The Morgan fingerprint density at radius 3 is 2.24 bits per heavy atom. The van der Waals surface area contributed by atoms with E-state index in [1.807, 2.05) is 44.2 Å². The summed E-state index contributed by atoms with van der Waals surface area (Å²) in [6.07, 6.45) is -0.557. The van der Waals surface area contributed by atoms with Gasteiger partial charge in [0.05, 0.1) is 12.0 Å². The molecule has 0 aliphatic carbocycles. The number of carbonyl (C=O) groups is 2. The average molecular weight is 289 g/mol. The third-order valence-electron chi connectivity index (χ3n) is 3.59. The van der Waals surface area contributed by atoms with Gasteiger partial charge < -0.3 is 4.74 Å². The summed E-state index contributed by atoms with van der Waals surface area (Å²) in [5.74, 6) is -0.130. The van der Waals surface area contributed by atoms with Crippen LogP contribution in [0.5, 0.6) is 0 Å². The van der Waals surface area contributed by atoms with E-state index in [9.17, 15) is 9.59 Å². The van der Waals surface area contributed by atoms with Gasteiger partial charge in [-0.3, -0.25) is 4.79 Å². The van der Waals surface area contributed by atoms with Crippen LogP contribution in [0, 0.1) is 11.8 Å². The maximum atomic E-state index is 12.3. The number of likely N-dealkylation sites (tertiary alicyclic amines) is 1. The van der Waals surface area contributed by atoms with Crippen LogP contribution in [0.3, 0.4) is 0 Å². The molecule has 0 spiro atoms. The van der Waals surface area contributed by atoms with Crippen LogP contribution >= 0.6 is 0 Å². The van der Waals surface area contributed by atoms with Crippen LogP contribution in [-0.4, -0.2) is 22.5 Å². The molecular formula is C17H23NO3. The van der Waals surface area contributed by atoms with Crippen LogP contribution in [-0.2, 0) is 9.53 Å². The normalized spacial score (nSPS) is 22.2. The first-order chi connectivity index (χ1) is 9.72. The highest BCUT2D eigenvalue weighted by atomic mass is 16.6. The maximum Gasteiger partial charge on any atom is 0.417 e. The van der Waals surface area contributed by atoms with E-state index in [0.717, 1.165) is 5.56 Å². The molecule has 4 heteroatoms. The van der Waals surface area contributed by atoms with Crippen LogP contribution in [0.25, 0.3) is 0 Å². The number of nitrogens with zero attached hydrogens (tertiary/aromatic N) is 1. The van der Waals surface area contributed by atoms with Gasteiger partial charge in [-0.05, 0) is 32.3 Å². The molecule has 2 amide bonds. The molecule has 2 atom stereocenters. The molecule has 2 rings (SSSR count). The Morgan fingerprint density at radius 1 is 1.19 bits per heavy atom. The highest BCUT2D eigenvalue weighted by molar-refractivity contribution is 6.00. The molecule has 0 N–H and O–H groups in total. The fourth-order valence-electron chi connectivity index (χ4n) is 2.68. The zero-order chi connectivity index (χ0) is 15.8. The number of benzene rings is 1. The lowest BCUT2D eigenvalue weighted by atomic mass is 9.76. The zero-order valence-corrected chi connectivity index (χ0v) is 13.3. The van der Waals surface area contributed by atoms with Crippen molar-refractivity contribution in [1.29, 1.82) is 0 Å². The summed E-state index contributed by atoms with van der Waals surface area (Å²) in [6, 6.07) is 9.43. The van der Waals surface area contributed by atoms with E-state index < -0.39 is 11.7 Å². The van der Waals surface area contributed by atoms with Crippen molar-refractivity contribution in [2.45, 2.75) is 46.3 Å². The first-order valence-electron chi connectivity index (χ1n) is 7.33. The van der Waals surface area contributed by atoms with E-state index in [-0.39, 0.29) is 23.8 Å². The van der Waals surface area contributed by atoms with Gasteiger partial charge in [0.2, 0.25) is 5.91 Å². The molecule has 0 bridgehead atoms. The Bertz CT molecular complexity index is 531. The summed E-state index contributed by atoms with van der Waals surface area (Å²) < 4.78 is 5.36. The lowest BCUT2D eigenvalue weighted by molar-refractivity contribution is -0.157. The molecule has 0 aromatic heterocycles. The minimum atomic E-state index is -0.610. The minimum Gasteiger partial charge on any atom is -0.443 e. The van der Waals surface area contributed by atoms with Crippen molar-refractivity contribution in [2.24, 2.45) is 11.8 Å². The second-order valence-corrected chi connectivity index (χ2v) is 6.81. The van der Waals surface area contributed by atoms with Crippen LogP contribution in [0.4, 0.5) is 4.79 Å². The van der Waals surface area contributed by atoms with Crippen molar-refractivity contribution in [1.82, 2.24) is 4.90 Å². The molecular weight excluding hydrogens is 266 g/mol. The monoisotopic (exact) mass is 289 g/mol. The first kappa shape index (κ1) is 15.5. The summed E-state index contributed by atoms with van der Waals surface area (Å²) in [6.45, 7) is 9.40. The van der Waals surface area contributed by atoms with Crippen molar-refractivity contribution < 1.29 is 14.3 Å². The van der Waals surface area contributed by atoms with Gasteiger partial charge in [0.15, 0.2) is 0 Å². The Hall–Kier alpha value is -1.84. The summed E-state index contributed by atoms with van der Waals surface area (Å²) in [5, 5.41) is 0. The van der Waals surface area contributed by atoms with E-state index in [0.29, 0.717) is 0 Å². The number of amides is 2. The maximum absolute atomic E-state index is 12.3. The van der Waals surface area contributed by atoms with Crippen molar-refractivity contribution in [3.63, 3.8) is 0 Å². The molecule has 0 radical (unpaired) electrons. The molecule has 1 aromatic rings. The van der Waals surface area contributed by atoms with Crippen molar-refractivity contribution in [3.05, 3.63) is 35.9 Å². The third kappa shape index (κ3) is 3.09. The molecule has 1 aliphatic rings. The number of hydrogen-bond acceptors (Lipinski definition) is 3. The third-order valence-corrected chi connectivity index (χ3v) is 3.59. The van der Waals surface area contributed by atoms with Gasteiger partial charge in [0.1, 0.15) is 5.60 Å². The van der Waals surface area contributed by atoms with Crippen molar-refractivity contribution in [3.8, 4) is 0 Å². The Labute approximate surface area is 126 Å². The number of carbonyl (C=O) groups excluding carboxylic acids is 2. The van der Waals surface area contributed by atoms with Crippen molar-refractivity contribution in [2.75, 3.05) is 0 Å². The zero-order valence-electron chi connectivity index (χ0n) is 13.3. The highest BCUT2D eigenvalue weighted by Gasteiger charge is 2.53. The molecule has 0 saturated carbocycles. The number of rotatable bonds is 2. The van der Waals surface area contributed by atoms with E-state index in [4.69, 9.17) is 4.74 Å². The van der Waals surface area contributed by atoms with E-state index in [2.05, 4.69) is 0 Å². The van der Waals surface area contributed by atoms with Gasteiger partial charge in [-0.2, -0.15) is 0 Å². The smallest absolute Gasteiger partial charge is 0.417 e. The molecule has 1 saturated heterocycles. The largest absolute Gasteiger partial charge is 0.443 e. The molecule has 4 nitrogen and oxygen atoms in total. The quantitative estimate of drug-likeness (QED) is 0.778. The Kier molecular flexibility index (Phi) is 4.08. The number of hydrogen-bond donors (Lipinski definition) is 0. The fourth-order valence-corrected chi connectivity index (χ4v) is 2.68. The highest BCUT2D eigenvalue weighted by Crippen LogP contribution is 2.44. The average Bonchev–Trinajstić information content (AvgIpc) is 2.34. The summed E-state index contributed by atoms with van der Waals surface area (Å²) >= 11 is 0. The van der Waals surface area contributed by atoms with Crippen LogP contribution < -0.4 is 0 Å². The van der Waals surface area contributed by atoms with Crippen molar-refractivity contribution >= 4 is 12.0 Å². The second-order valence-electron chi connectivity index (χ2n) is 6.81. The first-order valence-corrected chi connectivity index (χ1v) is 7.33. The number of ether oxygens (including phenoxy) is 1. The number of imide groups is 1. The Morgan fingerprint density at radius 2 is 1.76 bits per heavy atom. The van der Waals surface area contributed by atoms with E-state index in [1.54, 1.807) is 20.8 Å². The minimum absolute atomic E-state index is 0.145. The lowest BCUT2D eigenvalue weighted by Crippen LogP contribution is -2.60. The summed E-state index contributed by atoms with van der Waals surface area (Å²) in [4.78, 5) is 25.9. The fraction of sp³-hybridized carbons (Fsp3) is 0.529. The molecule has 1 heterocycles. The van der Waals surface area contributed by atoms with E-state index >= 15 is 0 Å². The van der Waals surface area contributed by atoms with Gasteiger partial charge in [-0.1, -0.05) is 44.2 Å². The van der Waals surface area contributed by atoms with Crippen LogP contribution in [0.1, 0.15) is 46.2 Å². The molecule has 114 valence electrons. The predicted octanol–water partition coefficient (Wildman–Crippen LogP) is 3.78. The SMILES string of the molecule is CC(C)[C@@H]1C(=O)N(C(=O)OC(C)(C)C)[C@H]1c1ccccc1. The predicted molar refractivity (Wildman–Crippen MR) is 80.6 cm³/mol. The van der Waals surface area contributed by atoms with Crippen LogP contribution in [0.2, 0.25) is 0 Å². The molecule has 1 fully saturated rings. The lowest BCUT2D eigenvalue weighted by Gasteiger charge is -2.47. The molecule has 1 aromatic carbocycles. The Balaban J connectivity index is 2.28. The summed E-state index contributed by atoms with van der Waals surface area (Å²) in [5.41, 5.74) is 0.364. The van der Waals surface area contributed by atoms with Gasteiger partial charge in [0, 0.05) is 0 Å². The molecule has 1 aliphatic heterocycles. The molecule has 0 unspecified atom stereocenters. The van der Waals surface area contributed by atoms with Gasteiger partial charge >= 0.3 is 6.09 Å². The topological polar surface area (TPSA) is 46.6 Å².